The molecule has 10 heteroatoms. The van der Waals surface area contributed by atoms with E-state index < -0.39 is 33.3 Å². The normalized spacial score (nSPS) is 14.1. The molecule has 0 spiro atoms. The van der Waals surface area contributed by atoms with E-state index in [4.69, 9.17) is 4.42 Å². The molecule has 1 aliphatic heterocycles. The number of carbonyl (C=O) groups is 3. The van der Waals surface area contributed by atoms with Gasteiger partial charge < -0.3 is 9.73 Å². The zero-order valence-electron chi connectivity index (χ0n) is 15.8. The first-order chi connectivity index (χ1) is 13.8. The summed E-state index contributed by atoms with van der Waals surface area (Å²) in [6, 6.07) is 9.23. The summed E-state index contributed by atoms with van der Waals surface area (Å²) in [6.07, 6.45) is 1.86. The second-order valence-electron chi connectivity index (χ2n) is 6.62. The maximum Gasteiger partial charge on any atom is 0.287 e. The average Bonchev–Trinajstić information content (AvgIpc) is 3.37. The predicted octanol–water partition coefficient (Wildman–Crippen LogP) is 0.768. The van der Waals surface area contributed by atoms with Crippen LogP contribution in [0.1, 0.15) is 22.5 Å². The zero-order chi connectivity index (χ0) is 21.0. The van der Waals surface area contributed by atoms with E-state index in [1.54, 1.807) is 18.2 Å². The first-order valence-electron chi connectivity index (χ1n) is 9.00. The SMILES string of the molecule is Cc1ccc(S(=O)(=O)CC(=O)N2CCCN2C(=O)CNC(=O)c2ccco2)cc1. The molecule has 29 heavy (non-hydrogen) atoms. The molecule has 1 saturated heterocycles. The number of hydrogen-bond acceptors (Lipinski definition) is 6. The summed E-state index contributed by atoms with van der Waals surface area (Å²) >= 11 is 0. The fraction of sp³-hybridized carbons (Fsp3) is 0.316. The number of aryl methyl sites for hydroxylation is 1. The van der Waals surface area contributed by atoms with Gasteiger partial charge in [-0.05, 0) is 37.6 Å². The van der Waals surface area contributed by atoms with Gasteiger partial charge in [-0.15, -0.1) is 0 Å². The largest absolute Gasteiger partial charge is 0.459 e. The maximum atomic E-state index is 12.6. The molecule has 9 nitrogen and oxygen atoms in total. The van der Waals surface area contributed by atoms with Crippen LogP contribution >= 0.6 is 0 Å². The van der Waals surface area contributed by atoms with E-state index in [1.165, 1.54) is 29.5 Å². The van der Waals surface area contributed by atoms with Crippen molar-refractivity contribution in [3.8, 4) is 0 Å². The van der Waals surface area contributed by atoms with Crippen LogP contribution < -0.4 is 5.32 Å². The molecule has 1 N–H and O–H groups in total. The Balaban J connectivity index is 1.61. The van der Waals surface area contributed by atoms with E-state index in [9.17, 15) is 22.8 Å². The quantitative estimate of drug-likeness (QED) is 0.739. The molecule has 0 radical (unpaired) electrons. The first kappa shape index (κ1) is 20.6. The van der Waals surface area contributed by atoms with Gasteiger partial charge >= 0.3 is 0 Å². The Bertz CT molecular complexity index is 999. The molecule has 0 saturated carbocycles. The Morgan fingerprint density at radius 1 is 1.03 bits per heavy atom. The molecular weight excluding hydrogens is 398 g/mol. The van der Waals surface area contributed by atoms with Crippen molar-refractivity contribution in [2.45, 2.75) is 18.2 Å². The van der Waals surface area contributed by atoms with Gasteiger partial charge in [0.1, 0.15) is 5.75 Å². The van der Waals surface area contributed by atoms with E-state index in [2.05, 4.69) is 5.32 Å². The van der Waals surface area contributed by atoms with E-state index in [0.717, 1.165) is 10.6 Å². The molecule has 0 atom stereocenters. The number of rotatable bonds is 6. The van der Waals surface area contributed by atoms with E-state index >= 15 is 0 Å². The lowest BCUT2D eigenvalue weighted by Crippen LogP contribution is -2.50. The highest BCUT2D eigenvalue weighted by molar-refractivity contribution is 7.92. The first-order valence-corrected chi connectivity index (χ1v) is 10.6. The molecule has 3 amide bonds. The van der Waals surface area contributed by atoms with Crippen molar-refractivity contribution < 1.29 is 27.2 Å². The van der Waals surface area contributed by atoms with Crippen molar-refractivity contribution in [2.75, 3.05) is 25.4 Å². The fourth-order valence-corrected chi connectivity index (χ4v) is 4.13. The van der Waals surface area contributed by atoms with Crippen LogP contribution in [0.3, 0.4) is 0 Å². The van der Waals surface area contributed by atoms with E-state index in [0.29, 0.717) is 6.42 Å². The number of hydrogen-bond donors (Lipinski definition) is 1. The lowest BCUT2D eigenvalue weighted by Gasteiger charge is -2.27. The topological polar surface area (TPSA) is 117 Å². The molecule has 2 aromatic rings. The van der Waals surface area contributed by atoms with Crippen molar-refractivity contribution in [1.82, 2.24) is 15.3 Å². The summed E-state index contributed by atoms with van der Waals surface area (Å²) in [5.41, 5.74) is 0.906. The van der Waals surface area contributed by atoms with Crippen molar-refractivity contribution in [3.63, 3.8) is 0 Å². The Labute approximate surface area is 168 Å². The van der Waals surface area contributed by atoms with Gasteiger partial charge in [0.05, 0.1) is 17.7 Å². The molecule has 154 valence electrons. The Hall–Kier alpha value is -3.14. The van der Waals surface area contributed by atoms with Crippen LogP contribution in [0, 0.1) is 6.92 Å². The Morgan fingerprint density at radius 3 is 2.31 bits per heavy atom. The smallest absolute Gasteiger partial charge is 0.287 e. The number of sulfone groups is 1. The zero-order valence-corrected chi connectivity index (χ0v) is 16.6. The van der Waals surface area contributed by atoms with E-state index in [-0.39, 0.29) is 30.3 Å². The third-order valence-electron chi connectivity index (χ3n) is 4.45. The van der Waals surface area contributed by atoms with Crippen LogP contribution in [0.2, 0.25) is 0 Å². The molecule has 1 aromatic carbocycles. The predicted molar refractivity (Wildman–Crippen MR) is 102 cm³/mol. The highest BCUT2D eigenvalue weighted by Gasteiger charge is 2.33. The Kier molecular flexibility index (Phi) is 6.02. The molecule has 1 aromatic heterocycles. The van der Waals surface area contributed by atoms with Gasteiger partial charge in [0.25, 0.3) is 17.7 Å². The number of amides is 3. The van der Waals surface area contributed by atoms with Gasteiger partial charge in [-0.1, -0.05) is 17.7 Å². The average molecular weight is 419 g/mol. The molecule has 0 aliphatic carbocycles. The molecule has 0 unspecified atom stereocenters. The second kappa shape index (κ2) is 8.48. The monoisotopic (exact) mass is 419 g/mol. The summed E-state index contributed by atoms with van der Waals surface area (Å²) in [4.78, 5) is 37.0. The summed E-state index contributed by atoms with van der Waals surface area (Å²) in [6.45, 7) is 2.00. The van der Waals surface area contributed by atoms with Gasteiger partial charge in [0.15, 0.2) is 15.6 Å². The van der Waals surface area contributed by atoms with Crippen LogP contribution in [0.25, 0.3) is 0 Å². The molecular formula is C19H21N3O6S. The number of carbonyl (C=O) groups excluding carboxylic acids is 3. The number of nitrogens with zero attached hydrogens (tertiary/aromatic N) is 2. The minimum Gasteiger partial charge on any atom is -0.459 e. The van der Waals surface area contributed by atoms with Crippen LogP contribution in [0.4, 0.5) is 0 Å². The third kappa shape index (κ3) is 4.83. The molecule has 1 aliphatic rings. The summed E-state index contributed by atoms with van der Waals surface area (Å²) in [7, 11) is -3.83. The van der Waals surface area contributed by atoms with Gasteiger partial charge in [0.2, 0.25) is 0 Å². The lowest BCUT2D eigenvalue weighted by atomic mass is 10.2. The van der Waals surface area contributed by atoms with Crippen molar-refractivity contribution in [3.05, 3.63) is 54.0 Å². The summed E-state index contributed by atoms with van der Waals surface area (Å²) in [5.74, 6) is -2.42. The number of furan rings is 1. The minimum atomic E-state index is -3.83. The summed E-state index contributed by atoms with van der Waals surface area (Å²) in [5, 5.41) is 4.73. The highest BCUT2D eigenvalue weighted by atomic mass is 32.2. The number of benzene rings is 1. The number of nitrogens with one attached hydrogen (secondary N) is 1. The van der Waals surface area contributed by atoms with Crippen LogP contribution in [0.15, 0.2) is 52.0 Å². The minimum absolute atomic E-state index is 0.0548. The van der Waals surface area contributed by atoms with Crippen LogP contribution in [0.5, 0.6) is 0 Å². The highest BCUT2D eigenvalue weighted by Crippen LogP contribution is 2.16. The van der Waals surface area contributed by atoms with Crippen molar-refractivity contribution >= 4 is 27.6 Å². The Morgan fingerprint density at radius 2 is 1.69 bits per heavy atom. The standard InChI is InChI=1S/C19H21N3O6S/c1-14-5-7-15(8-6-14)29(26,27)13-18(24)22-10-3-9-21(22)17(23)12-20-19(25)16-4-2-11-28-16/h2,4-8,11H,3,9-10,12-13H2,1H3,(H,20,25). The fourth-order valence-electron chi connectivity index (χ4n) is 2.94. The molecule has 0 bridgehead atoms. The summed E-state index contributed by atoms with van der Waals surface area (Å²) < 4.78 is 30.0. The van der Waals surface area contributed by atoms with E-state index in [1.807, 2.05) is 6.92 Å². The van der Waals surface area contributed by atoms with Gasteiger partial charge in [-0.25, -0.2) is 13.4 Å². The van der Waals surface area contributed by atoms with Crippen LogP contribution in [-0.2, 0) is 19.4 Å². The molecule has 1 fully saturated rings. The molecule has 3 rings (SSSR count). The second-order valence-corrected chi connectivity index (χ2v) is 8.61. The maximum absolute atomic E-state index is 12.6. The van der Waals surface area contributed by atoms with Crippen LogP contribution in [-0.4, -0.2) is 61.5 Å². The van der Waals surface area contributed by atoms with Crippen molar-refractivity contribution in [2.24, 2.45) is 0 Å². The van der Waals surface area contributed by atoms with Gasteiger partial charge in [-0.3, -0.25) is 19.4 Å². The molecule has 2 heterocycles. The van der Waals surface area contributed by atoms with Gasteiger partial charge in [0, 0.05) is 13.1 Å². The third-order valence-corrected chi connectivity index (χ3v) is 6.06. The van der Waals surface area contributed by atoms with Gasteiger partial charge in [-0.2, -0.15) is 0 Å². The number of hydrazine groups is 1. The lowest BCUT2D eigenvalue weighted by molar-refractivity contribution is -0.155. The van der Waals surface area contributed by atoms with Crippen molar-refractivity contribution in [1.29, 1.82) is 0 Å².